The minimum atomic E-state index is 0.0526. The Labute approximate surface area is 99.9 Å². The largest absolute Gasteiger partial charge is 0.332 e. The van der Waals surface area contributed by atoms with Crippen molar-refractivity contribution in [1.82, 2.24) is 9.55 Å². The maximum absolute atomic E-state index is 11.8. The lowest BCUT2D eigenvalue weighted by molar-refractivity contribution is 0.0981. The highest BCUT2D eigenvalue weighted by Crippen LogP contribution is 2.23. The van der Waals surface area contributed by atoms with Crippen molar-refractivity contribution >= 4 is 33.0 Å². The van der Waals surface area contributed by atoms with Gasteiger partial charge in [-0.15, -0.1) is 11.3 Å². The lowest BCUT2D eigenvalue weighted by Gasteiger charge is -1.98. The fourth-order valence-corrected chi connectivity index (χ4v) is 2.80. The first-order chi connectivity index (χ1) is 7.16. The van der Waals surface area contributed by atoms with Crippen molar-refractivity contribution in [2.75, 3.05) is 0 Å². The Morgan fingerprint density at radius 1 is 1.60 bits per heavy atom. The molecule has 2 aromatic heterocycles. The molecule has 0 aliphatic rings. The molecule has 0 radical (unpaired) electrons. The van der Waals surface area contributed by atoms with Gasteiger partial charge in [-0.3, -0.25) is 4.79 Å². The van der Waals surface area contributed by atoms with E-state index < -0.39 is 0 Å². The zero-order valence-electron chi connectivity index (χ0n) is 8.11. The number of carbonyl (C=O) groups excluding carboxylic acids is 1. The first kappa shape index (κ1) is 10.6. The topological polar surface area (TPSA) is 34.9 Å². The van der Waals surface area contributed by atoms with E-state index in [0.717, 1.165) is 8.66 Å². The number of hydrogen-bond acceptors (Lipinski definition) is 3. The third-order valence-electron chi connectivity index (χ3n) is 2.03. The molecule has 3 nitrogen and oxygen atoms in total. The molecule has 15 heavy (non-hydrogen) atoms. The number of thiophene rings is 1. The molecular weight excluding hydrogens is 276 g/mol. The van der Waals surface area contributed by atoms with Gasteiger partial charge in [-0.25, -0.2) is 4.98 Å². The van der Waals surface area contributed by atoms with Crippen molar-refractivity contribution in [2.45, 2.75) is 6.42 Å². The van der Waals surface area contributed by atoms with Crippen molar-refractivity contribution in [3.05, 3.63) is 39.0 Å². The fourth-order valence-electron chi connectivity index (χ4n) is 1.32. The molecule has 78 valence electrons. The van der Waals surface area contributed by atoms with Crippen molar-refractivity contribution in [3.8, 4) is 0 Å². The number of hydrogen-bond donors (Lipinski definition) is 0. The van der Waals surface area contributed by atoms with Gasteiger partial charge < -0.3 is 4.57 Å². The Bertz CT molecular complexity index is 489. The average Bonchev–Trinajstić information content (AvgIpc) is 2.75. The van der Waals surface area contributed by atoms with Crippen LogP contribution < -0.4 is 0 Å². The van der Waals surface area contributed by atoms with Gasteiger partial charge in [-0.1, -0.05) is 0 Å². The van der Waals surface area contributed by atoms with Gasteiger partial charge in [-0.05, 0) is 28.1 Å². The summed E-state index contributed by atoms with van der Waals surface area (Å²) in [5.74, 6) is 0.566. The molecule has 0 N–H and O–H groups in total. The monoisotopic (exact) mass is 284 g/mol. The summed E-state index contributed by atoms with van der Waals surface area (Å²) in [5.41, 5.74) is 0. The third-order valence-corrected chi connectivity index (χ3v) is 3.66. The molecule has 0 fully saturated rings. The molecule has 0 aliphatic carbocycles. The van der Waals surface area contributed by atoms with Gasteiger partial charge >= 0.3 is 0 Å². The molecule has 0 bridgehead atoms. The quantitative estimate of drug-likeness (QED) is 0.813. The van der Waals surface area contributed by atoms with E-state index in [-0.39, 0.29) is 5.78 Å². The zero-order valence-corrected chi connectivity index (χ0v) is 10.5. The molecular formula is C10H9BrN2OS. The molecule has 5 heteroatoms. The Kier molecular flexibility index (Phi) is 3.02. The summed E-state index contributed by atoms with van der Waals surface area (Å²) in [6.45, 7) is 0. The number of aromatic nitrogens is 2. The van der Waals surface area contributed by atoms with Gasteiger partial charge in [-0.2, -0.15) is 0 Å². The number of Topliss-reactive ketones (excluding diaryl/α,β-unsaturated/α-hetero) is 1. The van der Waals surface area contributed by atoms with Crippen LogP contribution in [-0.2, 0) is 13.5 Å². The summed E-state index contributed by atoms with van der Waals surface area (Å²) in [7, 11) is 1.82. The van der Waals surface area contributed by atoms with E-state index in [1.807, 2.05) is 19.2 Å². The number of nitrogens with zero attached hydrogens (tertiary/aromatic N) is 2. The summed E-state index contributed by atoms with van der Waals surface area (Å²) < 4.78 is 2.79. The highest BCUT2D eigenvalue weighted by molar-refractivity contribution is 9.11. The van der Waals surface area contributed by atoms with E-state index in [1.165, 1.54) is 0 Å². The van der Waals surface area contributed by atoms with Gasteiger partial charge in [0.25, 0.3) is 0 Å². The van der Waals surface area contributed by atoms with Gasteiger partial charge in [0.1, 0.15) is 0 Å². The standard InChI is InChI=1S/C10H9BrN2OS/c1-13-5-4-12-10(13)8(14)6-7-2-3-9(11)15-7/h2-5H,6H2,1H3. The van der Waals surface area contributed by atoms with Crippen LogP contribution in [0.1, 0.15) is 15.5 Å². The van der Waals surface area contributed by atoms with E-state index in [2.05, 4.69) is 20.9 Å². The van der Waals surface area contributed by atoms with Crippen LogP contribution in [0.2, 0.25) is 0 Å². The lowest BCUT2D eigenvalue weighted by Crippen LogP contribution is -2.09. The molecule has 2 rings (SSSR count). The molecule has 0 aromatic carbocycles. The maximum Gasteiger partial charge on any atom is 0.203 e. The van der Waals surface area contributed by atoms with E-state index in [0.29, 0.717) is 12.2 Å². The van der Waals surface area contributed by atoms with Crippen molar-refractivity contribution in [3.63, 3.8) is 0 Å². The second kappa shape index (κ2) is 4.28. The summed E-state index contributed by atoms with van der Waals surface area (Å²) in [6.07, 6.45) is 3.83. The highest BCUT2D eigenvalue weighted by Gasteiger charge is 2.12. The van der Waals surface area contributed by atoms with E-state index >= 15 is 0 Å². The van der Waals surface area contributed by atoms with Crippen LogP contribution in [0.5, 0.6) is 0 Å². The number of imidazole rings is 1. The highest BCUT2D eigenvalue weighted by atomic mass is 79.9. The average molecular weight is 285 g/mol. The minimum Gasteiger partial charge on any atom is -0.332 e. The molecule has 0 atom stereocenters. The molecule has 2 aromatic rings. The van der Waals surface area contributed by atoms with Crippen LogP contribution in [0.4, 0.5) is 0 Å². The van der Waals surface area contributed by atoms with Crippen LogP contribution in [0.25, 0.3) is 0 Å². The second-order valence-electron chi connectivity index (χ2n) is 3.17. The molecule has 0 spiro atoms. The summed E-state index contributed by atoms with van der Waals surface area (Å²) in [5, 5.41) is 0. The SMILES string of the molecule is Cn1ccnc1C(=O)Cc1ccc(Br)s1. The van der Waals surface area contributed by atoms with E-state index in [9.17, 15) is 4.79 Å². The van der Waals surface area contributed by atoms with E-state index in [1.54, 1.807) is 28.3 Å². The Balaban J connectivity index is 2.14. The molecule has 0 saturated carbocycles. The molecule has 0 saturated heterocycles. The number of rotatable bonds is 3. The number of aryl methyl sites for hydroxylation is 1. The molecule has 0 unspecified atom stereocenters. The first-order valence-electron chi connectivity index (χ1n) is 4.41. The summed E-state index contributed by atoms with van der Waals surface area (Å²) in [4.78, 5) is 16.9. The maximum atomic E-state index is 11.8. The fraction of sp³-hybridized carbons (Fsp3) is 0.200. The van der Waals surface area contributed by atoms with Crippen LogP contribution in [0.3, 0.4) is 0 Å². The lowest BCUT2D eigenvalue weighted by atomic mass is 10.2. The normalized spacial score (nSPS) is 10.5. The zero-order chi connectivity index (χ0) is 10.8. The third kappa shape index (κ3) is 2.35. The number of halogens is 1. The van der Waals surface area contributed by atoms with Gasteiger partial charge in [0.2, 0.25) is 5.78 Å². The predicted octanol–water partition coefficient (Wildman–Crippen LogP) is 2.67. The number of carbonyl (C=O) groups is 1. The van der Waals surface area contributed by atoms with Crippen molar-refractivity contribution in [1.29, 1.82) is 0 Å². The number of ketones is 1. The van der Waals surface area contributed by atoms with Crippen molar-refractivity contribution < 1.29 is 4.79 Å². The summed E-state index contributed by atoms with van der Waals surface area (Å²) >= 11 is 4.95. The van der Waals surface area contributed by atoms with Crippen LogP contribution in [-0.4, -0.2) is 15.3 Å². The Hall–Kier alpha value is -0.940. The van der Waals surface area contributed by atoms with Gasteiger partial charge in [0.05, 0.1) is 3.79 Å². The van der Waals surface area contributed by atoms with Crippen LogP contribution in [0.15, 0.2) is 28.3 Å². The van der Waals surface area contributed by atoms with Gasteiger partial charge in [0, 0.05) is 30.7 Å². The predicted molar refractivity (Wildman–Crippen MR) is 63.3 cm³/mol. The molecule has 0 aliphatic heterocycles. The van der Waals surface area contributed by atoms with Crippen LogP contribution in [0, 0.1) is 0 Å². The van der Waals surface area contributed by atoms with Crippen molar-refractivity contribution in [2.24, 2.45) is 7.05 Å². The van der Waals surface area contributed by atoms with Crippen LogP contribution >= 0.6 is 27.3 Å². The second-order valence-corrected chi connectivity index (χ2v) is 5.72. The molecule has 0 amide bonds. The smallest absolute Gasteiger partial charge is 0.203 e. The van der Waals surface area contributed by atoms with E-state index in [4.69, 9.17) is 0 Å². The first-order valence-corrected chi connectivity index (χ1v) is 6.02. The molecule has 2 heterocycles. The van der Waals surface area contributed by atoms with Gasteiger partial charge in [0.15, 0.2) is 5.82 Å². The summed E-state index contributed by atoms with van der Waals surface area (Å²) in [6, 6.07) is 3.90. The Morgan fingerprint density at radius 3 is 2.93 bits per heavy atom. The Morgan fingerprint density at radius 2 is 2.40 bits per heavy atom. The minimum absolute atomic E-state index is 0.0526.